The van der Waals surface area contributed by atoms with E-state index in [1.807, 2.05) is 37.3 Å². The molecule has 4 aromatic heterocycles. The van der Waals surface area contributed by atoms with Crippen LogP contribution in [0.1, 0.15) is 16.8 Å². The minimum atomic E-state index is -0.287. The van der Waals surface area contributed by atoms with Gasteiger partial charge < -0.3 is 10.7 Å². The molecule has 7 heteroatoms. The molecule has 33 heavy (non-hydrogen) atoms. The second-order valence-corrected chi connectivity index (χ2v) is 7.74. The number of aromatic nitrogens is 5. The number of pyridine rings is 2. The van der Waals surface area contributed by atoms with E-state index in [4.69, 9.17) is 5.73 Å². The number of H-pyrrole nitrogens is 2. The van der Waals surface area contributed by atoms with Gasteiger partial charge in [0.1, 0.15) is 11.5 Å². The minimum absolute atomic E-state index is 0.287. The van der Waals surface area contributed by atoms with Crippen LogP contribution < -0.4 is 5.73 Å². The van der Waals surface area contributed by atoms with Crippen molar-refractivity contribution >= 4 is 22.2 Å². The Labute approximate surface area is 189 Å². The summed E-state index contributed by atoms with van der Waals surface area (Å²) >= 11 is 0. The number of nitrogens with zero attached hydrogens (tertiary/aromatic N) is 3. The van der Waals surface area contributed by atoms with Gasteiger partial charge in [0.15, 0.2) is 0 Å². The number of nitrogens with two attached hydrogens (primary N) is 1. The Kier molecular flexibility index (Phi) is 5.06. The van der Waals surface area contributed by atoms with Crippen molar-refractivity contribution in [3.8, 4) is 22.6 Å². The molecule has 5 aromatic rings. The maximum atomic E-state index is 13.9. The minimum Gasteiger partial charge on any atom is -0.397 e. The first kappa shape index (κ1) is 20.4. The molecule has 4 heterocycles. The number of rotatable bonds is 5. The lowest BCUT2D eigenvalue weighted by Gasteiger charge is -2.07. The maximum absolute atomic E-state index is 13.9. The molecule has 0 spiro atoms. The first-order valence-corrected chi connectivity index (χ1v) is 10.4. The van der Waals surface area contributed by atoms with Crippen molar-refractivity contribution in [3.63, 3.8) is 0 Å². The lowest BCUT2D eigenvalue weighted by molar-refractivity contribution is 0.627. The molecule has 4 N–H and O–H groups in total. The third-order valence-corrected chi connectivity index (χ3v) is 5.48. The summed E-state index contributed by atoms with van der Waals surface area (Å²) in [5, 5.41) is 8.49. The number of allylic oxidation sites excluding steroid dienone is 2. The van der Waals surface area contributed by atoms with Gasteiger partial charge >= 0.3 is 0 Å². The van der Waals surface area contributed by atoms with Gasteiger partial charge in [-0.25, -0.2) is 4.39 Å². The van der Waals surface area contributed by atoms with Crippen molar-refractivity contribution in [2.24, 2.45) is 0 Å². The topological polar surface area (TPSA) is 96.3 Å². The summed E-state index contributed by atoms with van der Waals surface area (Å²) in [6.07, 6.45) is 8.66. The normalized spacial score (nSPS) is 11.8. The van der Waals surface area contributed by atoms with Gasteiger partial charge in [-0.05, 0) is 48.4 Å². The van der Waals surface area contributed by atoms with E-state index in [0.29, 0.717) is 5.69 Å². The summed E-state index contributed by atoms with van der Waals surface area (Å²) in [5.74, 6) is -0.287. The van der Waals surface area contributed by atoms with Crippen molar-refractivity contribution in [1.29, 1.82) is 0 Å². The molecule has 0 unspecified atom stereocenters. The molecule has 5 rings (SSSR count). The van der Waals surface area contributed by atoms with Crippen LogP contribution in [0, 0.1) is 12.7 Å². The highest BCUT2D eigenvalue weighted by atomic mass is 19.1. The van der Waals surface area contributed by atoms with Crippen LogP contribution >= 0.6 is 0 Å². The number of fused-ring (bicyclic) bond motifs is 1. The molecule has 0 aliphatic heterocycles. The smallest absolute Gasteiger partial charge is 0.123 e. The summed E-state index contributed by atoms with van der Waals surface area (Å²) < 4.78 is 13.9. The highest BCUT2D eigenvalue weighted by molar-refractivity contribution is 5.95. The number of aromatic amines is 2. The Morgan fingerprint density at radius 2 is 2.00 bits per heavy atom. The fourth-order valence-electron chi connectivity index (χ4n) is 3.96. The molecular weight excluding hydrogens is 415 g/mol. The number of hydrogen-bond acceptors (Lipinski definition) is 4. The van der Waals surface area contributed by atoms with Crippen LogP contribution in [0.2, 0.25) is 0 Å². The molecule has 0 aliphatic rings. The fraction of sp³-hybridized carbons (Fsp3) is 0.0385. The van der Waals surface area contributed by atoms with E-state index < -0.39 is 0 Å². The van der Waals surface area contributed by atoms with Gasteiger partial charge in [-0.15, -0.1) is 0 Å². The van der Waals surface area contributed by atoms with Gasteiger partial charge in [0.25, 0.3) is 0 Å². The molecule has 0 fully saturated rings. The zero-order chi connectivity index (χ0) is 22.9. The largest absolute Gasteiger partial charge is 0.397 e. The molecule has 0 saturated heterocycles. The average Bonchev–Trinajstić information content (AvgIpc) is 3.40. The van der Waals surface area contributed by atoms with Crippen molar-refractivity contribution < 1.29 is 4.39 Å². The number of hydrogen-bond donors (Lipinski definition) is 3. The quantitative estimate of drug-likeness (QED) is 0.310. The monoisotopic (exact) mass is 436 g/mol. The van der Waals surface area contributed by atoms with Crippen LogP contribution in [0.3, 0.4) is 0 Å². The number of halogens is 1. The summed E-state index contributed by atoms with van der Waals surface area (Å²) in [7, 11) is 0. The molecule has 0 amide bonds. The molecule has 0 atom stereocenters. The number of anilines is 1. The van der Waals surface area contributed by atoms with Gasteiger partial charge in [-0.2, -0.15) is 5.10 Å². The van der Waals surface area contributed by atoms with E-state index in [1.165, 1.54) is 12.1 Å². The SMILES string of the molecule is C=C/C=C(/c1cccc(F)c1)c1cc(-c2n[nH]c3cnc(-c4cncc(N)c4)cc23)[nH]c1C. The average molecular weight is 436 g/mol. The second kappa shape index (κ2) is 8.20. The molecule has 0 bridgehead atoms. The van der Waals surface area contributed by atoms with Crippen molar-refractivity contribution in [3.05, 3.63) is 102 Å². The van der Waals surface area contributed by atoms with Crippen molar-refractivity contribution in [1.82, 2.24) is 25.1 Å². The van der Waals surface area contributed by atoms with Crippen molar-refractivity contribution in [2.45, 2.75) is 6.92 Å². The molecule has 0 aliphatic carbocycles. The van der Waals surface area contributed by atoms with Crippen LogP contribution in [-0.2, 0) is 0 Å². The van der Waals surface area contributed by atoms with Crippen LogP contribution in [0.5, 0.6) is 0 Å². The first-order valence-electron chi connectivity index (χ1n) is 10.4. The predicted molar refractivity (Wildman–Crippen MR) is 130 cm³/mol. The van der Waals surface area contributed by atoms with Gasteiger partial charge in [-0.1, -0.05) is 30.9 Å². The number of aryl methyl sites for hydroxylation is 1. The summed E-state index contributed by atoms with van der Waals surface area (Å²) in [6.45, 7) is 5.81. The second-order valence-electron chi connectivity index (χ2n) is 7.74. The van der Waals surface area contributed by atoms with Gasteiger partial charge in [-0.3, -0.25) is 15.1 Å². The Balaban J connectivity index is 1.61. The summed E-state index contributed by atoms with van der Waals surface area (Å²) in [5.41, 5.74) is 14.0. The van der Waals surface area contributed by atoms with Crippen molar-refractivity contribution in [2.75, 3.05) is 5.73 Å². The predicted octanol–water partition coefficient (Wildman–Crippen LogP) is 5.66. The Bertz CT molecular complexity index is 1530. The van der Waals surface area contributed by atoms with E-state index in [2.05, 4.69) is 31.7 Å². The van der Waals surface area contributed by atoms with E-state index in [0.717, 1.165) is 55.9 Å². The molecule has 0 saturated carbocycles. The molecule has 162 valence electrons. The zero-order valence-electron chi connectivity index (χ0n) is 17.9. The molecular formula is C26H21FN6. The zero-order valence-corrected chi connectivity index (χ0v) is 17.9. The Morgan fingerprint density at radius 1 is 1.12 bits per heavy atom. The van der Waals surface area contributed by atoms with E-state index in [-0.39, 0.29) is 5.82 Å². The van der Waals surface area contributed by atoms with Gasteiger partial charge in [0.05, 0.1) is 28.8 Å². The Morgan fingerprint density at radius 3 is 2.79 bits per heavy atom. The van der Waals surface area contributed by atoms with Gasteiger partial charge in [0, 0.05) is 34.6 Å². The van der Waals surface area contributed by atoms with E-state index in [1.54, 1.807) is 30.7 Å². The summed E-state index contributed by atoms with van der Waals surface area (Å²) in [4.78, 5) is 12.1. The van der Waals surface area contributed by atoms with Crippen LogP contribution in [0.25, 0.3) is 39.1 Å². The molecule has 6 nitrogen and oxygen atoms in total. The third-order valence-electron chi connectivity index (χ3n) is 5.48. The van der Waals surface area contributed by atoms with E-state index in [9.17, 15) is 4.39 Å². The number of nitrogens with one attached hydrogen (secondary N) is 2. The third kappa shape index (κ3) is 3.80. The van der Waals surface area contributed by atoms with Gasteiger partial charge in [0.2, 0.25) is 0 Å². The van der Waals surface area contributed by atoms with Crippen LogP contribution in [0.15, 0.2) is 79.8 Å². The summed E-state index contributed by atoms with van der Waals surface area (Å²) in [6, 6.07) is 12.4. The lowest BCUT2D eigenvalue weighted by atomic mass is 9.97. The Hall–Kier alpha value is -4.52. The maximum Gasteiger partial charge on any atom is 0.123 e. The first-order chi connectivity index (χ1) is 16.0. The number of nitrogen functional groups attached to an aromatic ring is 1. The fourth-order valence-corrected chi connectivity index (χ4v) is 3.96. The van der Waals surface area contributed by atoms with E-state index >= 15 is 0 Å². The highest BCUT2D eigenvalue weighted by Crippen LogP contribution is 2.34. The molecule has 0 radical (unpaired) electrons. The highest BCUT2D eigenvalue weighted by Gasteiger charge is 2.17. The number of benzene rings is 1. The lowest BCUT2D eigenvalue weighted by Crippen LogP contribution is -1.89. The van der Waals surface area contributed by atoms with Crippen LogP contribution in [0.4, 0.5) is 10.1 Å². The standard InChI is InChI=1S/C26H21FN6/c1-3-5-20(16-6-4-7-18(27)8-16)21-10-24(31-15(21)2)26-22-11-23(30-14-25(22)32-33-26)17-9-19(28)13-29-12-17/h3-14,31H,1,28H2,2H3,(H,32,33)/b20-5-. The molecule has 1 aromatic carbocycles. The van der Waals surface area contributed by atoms with Crippen LogP contribution in [-0.4, -0.2) is 25.1 Å².